The maximum atomic E-state index is 14.0. The molecule has 0 fully saturated rings. The number of halogens is 4. The van der Waals surface area contributed by atoms with Crippen LogP contribution in [0.1, 0.15) is 21.5 Å². The SMILES string of the molecule is Cc1ccc(NC(=O)c2ccccc2)c(Nc2ccc(F)n3cncc23)c1C(F)(F)F. The number of fused-ring (bicyclic) bond motifs is 1. The summed E-state index contributed by atoms with van der Waals surface area (Å²) in [6.07, 6.45) is -2.15. The number of pyridine rings is 1. The van der Waals surface area contributed by atoms with Crippen LogP contribution in [-0.4, -0.2) is 15.3 Å². The van der Waals surface area contributed by atoms with Gasteiger partial charge in [-0.05, 0) is 42.8 Å². The van der Waals surface area contributed by atoms with Crippen molar-refractivity contribution in [3.05, 3.63) is 89.8 Å². The molecule has 31 heavy (non-hydrogen) atoms. The van der Waals surface area contributed by atoms with Crippen LogP contribution in [0, 0.1) is 12.9 Å². The number of hydrogen-bond donors (Lipinski definition) is 2. The van der Waals surface area contributed by atoms with Crippen molar-refractivity contribution in [3.8, 4) is 0 Å². The number of carbonyl (C=O) groups excluding carboxylic acids is 1. The summed E-state index contributed by atoms with van der Waals surface area (Å²) in [5.74, 6) is -1.18. The number of amides is 1. The molecule has 0 aliphatic rings. The Morgan fingerprint density at radius 3 is 2.42 bits per heavy atom. The van der Waals surface area contributed by atoms with Gasteiger partial charge in [-0.25, -0.2) is 4.98 Å². The number of nitrogens with one attached hydrogen (secondary N) is 2. The standard InChI is InChI=1S/C22H16F4N4O/c1-13-7-8-16(29-21(31)14-5-3-2-4-6-14)20(19(13)22(24,25)26)28-15-9-10-18(23)30-12-27-11-17(15)30/h2-12,28H,1H3,(H,29,31). The van der Waals surface area contributed by atoms with E-state index in [1.165, 1.54) is 37.6 Å². The van der Waals surface area contributed by atoms with Crippen LogP contribution in [0.25, 0.3) is 5.52 Å². The normalized spacial score (nSPS) is 11.5. The summed E-state index contributed by atoms with van der Waals surface area (Å²) in [5, 5.41) is 5.28. The van der Waals surface area contributed by atoms with Crippen LogP contribution in [0.5, 0.6) is 0 Å². The van der Waals surface area contributed by atoms with Crippen molar-refractivity contribution in [2.45, 2.75) is 13.1 Å². The average molecular weight is 428 g/mol. The Balaban J connectivity index is 1.84. The van der Waals surface area contributed by atoms with Gasteiger partial charge in [-0.3, -0.25) is 9.20 Å². The number of benzene rings is 2. The third-order valence-electron chi connectivity index (χ3n) is 4.77. The Morgan fingerprint density at radius 1 is 1.00 bits per heavy atom. The van der Waals surface area contributed by atoms with Crippen LogP contribution in [0.15, 0.2) is 67.1 Å². The molecule has 5 nitrogen and oxygen atoms in total. The quantitative estimate of drug-likeness (QED) is 0.319. The van der Waals surface area contributed by atoms with Crippen molar-refractivity contribution < 1.29 is 22.4 Å². The van der Waals surface area contributed by atoms with Crippen molar-refractivity contribution in [2.75, 3.05) is 10.6 Å². The molecule has 158 valence electrons. The molecule has 0 spiro atoms. The second kappa shape index (κ2) is 7.75. The first-order valence-corrected chi connectivity index (χ1v) is 9.20. The van der Waals surface area contributed by atoms with E-state index in [2.05, 4.69) is 15.6 Å². The topological polar surface area (TPSA) is 58.4 Å². The van der Waals surface area contributed by atoms with E-state index >= 15 is 0 Å². The number of anilines is 3. The van der Waals surface area contributed by atoms with E-state index in [0.29, 0.717) is 5.56 Å². The zero-order valence-electron chi connectivity index (χ0n) is 16.2. The number of hydrogen-bond acceptors (Lipinski definition) is 3. The highest BCUT2D eigenvalue weighted by atomic mass is 19.4. The molecule has 2 heterocycles. The smallest absolute Gasteiger partial charge is 0.352 e. The molecule has 2 aromatic carbocycles. The maximum absolute atomic E-state index is 14.0. The molecule has 4 aromatic rings. The summed E-state index contributed by atoms with van der Waals surface area (Å²) < 4.78 is 56.9. The lowest BCUT2D eigenvalue weighted by atomic mass is 10.0. The van der Waals surface area contributed by atoms with Gasteiger partial charge in [-0.2, -0.15) is 17.6 Å². The van der Waals surface area contributed by atoms with Crippen LogP contribution in [-0.2, 0) is 6.18 Å². The highest BCUT2D eigenvalue weighted by Gasteiger charge is 2.37. The van der Waals surface area contributed by atoms with Crippen molar-refractivity contribution in [1.29, 1.82) is 0 Å². The van der Waals surface area contributed by atoms with E-state index in [9.17, 15) is 22.4 Å². The minimum Gasteiger partial charge on any atom is -0.352 e. The monoisotopic (exact) mass is 428 g/mol. The molecule has 0 aliphatic carbocycles. The van der Waals surface area contributed by atoms with Crippen molar-refractivity contribution in [1.82, 2.24) is 9.38 Å². The van der Waals surface area contributed by atoms with Crippen LogP contribution >= 0.6 is 0 Å². The van der Waals surface area contributed by atoms with Gasteiger partial charge in [-0.1, -0.05) is 24.3 Å². The zero-order chi connectivity index (χ0) is 22.2. The molecular weight excluding hydrogens is 412 g/mol. The lowest BCUT2D eigenvalue weighted by Crippen LogP contribution is -2.17. The first kappa shape index (κ1) is 20.4. The van der Waals surface area contributed by atoms with Gasteiger partial charge in [0.2, 0.25) is 0 Å². The molecule has 0 bridgehead atoms. The van der Waals surface area contributed by atoms with Gasteiger partial charge in [0.15, 0.2) is 5.95 Å². The summed E-state index contributed by atoms with van der Waals surface area (Å²) in [6.45, 7) is 1.33. The highest BCUT2D eigenvalue weighted by molar-refractivity contribution is 6.06. The molecule has 0 saturated carbocycles. The van der Waals surface area contributed by atoms with E-state index < -0.39 is 23.6 Å². The largest absolute Gasteiger partial charge is 0.418 e. The van der Waals surface area contributed by atoms with Crippen molar-refractivity contribution in [2.24, 2.45) is 0 Å². The van der Waals surface area contributed by atoms with Crippen LogP contribution < -0.4 is 10.6 Å². The third-order valence-corrected chi connectivity index (χ3v) is 4.77. The number of carbonyl (C=O) groups is 1. The Kier molecular flexibility index (Phi) is 5.10. The number of aromatic nitrogens is 2. The summed E-state index contributed by atoms with van der Waals surface area (Å²) in [7, 11) is 0. The summed E-state index contributed by atoms with van der Waals surface area (Å²) in [6, 6.07) is 13.2. The van der Waals surface area contributed by atoms with Gasteiger partial charge in [0.1, 0.15) is 6.33 Å². The number of aryl methyl sites for hydroxylation is 1. The fourth-order valence-corrected chi connectivity index (χ4v) is 3.31. The Labute approximate surface area is 174 Å². The van der Waals surface area contributed by atoms with Gasteiger partial charge in [0.05, 0.1) is 34.3 Å². The maximum Gasteiger partial charge on any atom is 0.418 e. The Hall–Kier alpha value is -3.88. The fourth-order valence-electron chi connectivity index (χ4n) is 3.31. The molecule has 0 unspecified atom stereocenters. The van der Waals surface area contributed by atoms with Gasteiger partial charge >= 0.3 is 6.18 Å². The van der Waals surface area contributed by atoms with E-state index in [4.69, 9.17) is 0 Å². The summed E-state index contributed by atoms with van der Waals surface area (Å²) in [5.41, 5.74) is -0.623. The third kappa shape index (κ3) is 3.94. The molecule has 4 rings (SSSR count). The summed E-state index contributed by atoms with van der Waals surface area (Å²) >= 11 is 0. The van der Waals surface area contributed by atoms with Gasteiger partial charge in [0, 0.05) is 5.56 Å². The molecule has 0 saturated heterocycles. The molecule has 1 amide bonds. The molecule has 0 atom stereocenters. The Morgan fingerprint density at radius 2 is 1.71 bits per heavy atom. The molecular formula is C22H16F4N4O. The number of imidazole rings is 1. The molecule has 2 aromatic heterocycles. The predicted octanol–water partition coefficient (Wildman–Crippen LogP) is 5.80. The van der Waals surface area contributed by atoms with Gasteiger partial charge in [0.25, 0.3) is 5.91 Å². The minimum atomic E-state index is -4.70. The number of rotatable bonds is 4. The van der Waals surface area contributed by atoms with Crippen molar-refractivity contribution >= 4 is 28.5 Å². The van der Waals surface area contributed by atoms with E-state index in [1.54, 1.807) is 30.3 Å². The Bertz CT molecular complexity index is 1270. The van der Waals surface area contributed by atoms with Crippen molar-refractivity contribution in [3.63, 3.8) is 0 Å². The lowest BCUT2D eigenvalue weighted by molar-refractivity contribution is -0.137. The molecule has 2 N–H and O–H groups in total. The van der Waals surface area contributed by atoms with E-state index in [1.807, 2.05) is 0 Å². The molecule has 0 aliphatic heterocycles. The summed E-state index contributed by atoms with van der Waals surface area (Å²) in [4.78, 5) is 16.5. The predicted molar refractivity (Wildman–Crippen MR) is 109 cm³/mol. The van der Waals surface area contributed by atoms with E-state index in [-0.39, 0.29) is 28.1 Å². The van der Waals surface area contributed by atoms with Gasteiger partial charge in [-0.15, -0.1) is 0 Å². The molecule has 9 heteroatoms. The average Bonchev–Trinajstić information content (AvgIpc) is 3.23. The zero-order valence-corrected chi connectivity index (χ0v) is 16.2. The second-order valence-corrected chi connectivity index (χ2v) is 6.84. The van der Waals surface area contributed by atoms with Crippen LogP contribution in [0.3, 0.4) is 0 Å². The first-order chi connectivity index (χ1) is 14.8. The second-order valence-electron chi connectivity index (χ2n) is 6.84. The van der Waals surface area contributed by atoms with E-state index in [0.717, 1.165) is 10.5 Å². The fraction of sp³-hybridized carbons (Fsp3) is 0.0909. The number of alkyl halides is 3. The minimum absolute atomic E-state index is 0.0284. The first-order valence-electron chi connectivity index (χ1n) is 9.20. The highest BCUT2D eigenvalue weighted by Crippen LogP contribution is 2.43. The molecule has 0 radical (unpaired) electrons. The lowest BCUT2D eigenvalue weighted by Gasteiger charge is -2.21. The van der Waals surface area contributed by atoms with Crippen LogP contribution in [0.2, 0.25) is 0 Å². The van der Waals surface area contributed by atoms with Gasteiger partial charge < -0.3 is 10.6 Å². The van der Waals surface area contributed by atoms with Crippen LogP contribution in [0.4, 0.5) is 34.6 Å². The number of nitrogens with zero attached hydrogens (tertiary/aromatic N) is 2.